The topological polar surface area (TPSA) is 67.2 Å². The largest absolute Gasteiger partial charge is 0.491 e. The predicted molar refractivity (Wildman–Crippen MR) is 94.4 cm³/mol. The van der Waals surface area contributed by atoms with Gasteiger partial charge in [-0.1, -0.05) is 23.7 Å². The zero-order valence-electron chi connectivity index (χ0n) is 13.2. The Morgan fingerprint density at radius 3 is 2.21 bits per heavy atom. The van der Waals surface area contributed by atoms with Gasteiger partial charge in [0.25, 0.3) is 0 Å². The highest BCUT2D eigenvalue weighted by atomic mass is 35.5. The Morgan fingerprint density at radius 1 is 1.12 bits per heavy atom. The fourth-order valence-corrected chi connectivity index (χ4v) is 3.26. The summed E-state index contributed by atoms with van der Waals surface area (Å²) in [6, 6.07) is 14.3. The van der Waals surface area contributed by atoms with E-state index in [1.165, 1.54) is 30.3 Å². The number of halogens is 1. The van der Waals surface area contributed by atoms with E-state index < -0.39 is 9.84 Å². The van der Waals surface area contributed by atoms with Gasteiger partial charge in [-0.3, -0.25) is 0 Å². The molecule has 0 saturated carbocycles. The maximum atomic E-state index is 12.5. The average molecular weight is 362 g/mol. The van der Waals surface area contributed by atoms with Gasteiger partial charge in [0.15, 0.2) is 0 Å². The van der Waals surface area contributed by atoms with Crippen LogP contribution in [0, 0.1) is 11.3 Å². The number of allylic oxidation sites excluding steroid dienone is 1. The first-order valence-corrected chi connectivity index (χ1v) is 9.08. The van der Waals surface area contributed by atoms with Crippen molar-refractivity contribution in [3.63, 3.8) is 0 Å². The van der Waals surface area contributed by atoms with Crippen molar-refractivity contribution in [1.29, 1.82) is 5.26 Å². The van der Waals surface area contributed by atoms with Crippen molar-refractivity contribution >= 4 is 27.5 Å². The molecule has 0 saturated heterocycles. The van der Waals surface area contributed by atoms with Crippen LogP contribution in [-0.2, 0) is 9.84 Å². The molecule has 24 heavy (non-hydrogen) atoms. The Hall–Kier alpha value is -2.29. The van der Waals surface area contributed by atoms with Crippen molar-refractivity contribution in [2.24, 2.45) is 0 Å². The van der Waals surface area contributed by atoms with Crippen LogP contribution in [0.3, 0.4) is 0 Å². The van der Waals surface area contributed by atoms with Crippen LogP contribution >= 0.6 is 11.6 Å². The van der Waals surface area contributed by atoms with Gasteiger partial charge in [-0.15, -0.1) is 0 Å². The lowest BCUT2D eigenvalue weighted by atomic mass is 10.2. The molecule has 124 valence electrons. The highest BCUT2D eigenvalue weighted by Crippen LogP contribution is 2.23. The Kier molecular flexibility index (Phi) is 5.66. The van der Waals surface area contributed by atoms with Gasteiger partial charge in [0, 0.05) is 5.02 Å². The fourth-order valence-electron chi connectivity index (χ4n) is 1.98. The zero-order chi connectivity index (χ0) is 17.7. The van der Waals surface area contributed by atoms with E-state index in [1.54, 1.807) is 30.3 Å². The summed E-state index contributed by atoms with van der Waals surface area (Å²) in [6.07, 6.45) is 1.38. The number of rotatable bonds is 5. The molecule has 0 heterocycles. The number of hydrogen-bond donors (Lipinski definition) is 0. The molecule has 0 fully saturated rings. The number of nitriles is 1. The molecule has 0 radical (unpaired) electrons. The molecule has 0 aromatic heterocycles. The monoisotopic (exact) mass is 361 g/mol. The second-order valence-corrected chi connectivity index (χ2v) is 7.67. The molecule has 0 unspecified atom stereocenters. The van der Waals surface area contributed by atoms with Gasteiger partial charge in [-0.05, 0) is 61.9 Å². The SMILES string of the molecule is CC(C)Oc1ccc(C=C(C#N)S(=O)(=O)c2ccc(Cl)cc2)cc1. The van der Waals surface area contributed by atoms with E-state index in [0.29, 0.717) is 16.3 Å². The zero-order valence-corrected chi connectivity index (χ0v) is 14.8. The van der Waals surface area contributed by atoms with Crippen LogP contribution in [-0.4, -0.2) is 14.5 Å². The van der Waals surface area contributed by atoms with Gasteiger partial charge in [-0.25, -0.2) is 8.42 Å². The van der Waals surface area contributed by atoms with Crippen LogP contribution in [0.4, 0.5) is 0 Å². The highest BCUT2D eigenvalue weighted by Gasteiger charge is 2.20. The standard InChI is InChI=1S/C18H16ClNO3S/c1-13(2)23-16-7-3-14(4-8-16)11-18(12-20)24(21,22)17-9-5-15(19)6-10-17/h3-11,13H,1-2H3. The Bertz CT molecular complexity index is 877. The third-order valence-corrected chi connectivity index (χ3v) is 5.01. The first-order valence-electron chi connectivity index (χ1n) is 7.22. The van der Waals surface area contributed by atoms with Gasteiger partial charge >= 0.3 is 0 Å². The minimum atomic E-state index is -3.89. The van der Waals surface area contributed by atoms with Crippen LogP contribution in [0.15, 0.2) is 58.3 Å². The minimum Gasteiger partial charge on any atom is -0.491 e. The van der Waals surface area contributed by atoms with E-state index in [1.807, 2.05) is 13.8 Å². The van der Waals surface area contributed by atoms with E-state index in [2.05, 4.69) is 0 Å². The van der Waals surface area contributed by atoms with Gasteiger partial charge < -0.3 is 4.74 Å². The molecule has 0 atom stereocenters. The maximum Gasteiger partial charge on any atom is 0.216 e. The first-order chi connectivity index (χ1) is 11.3. The van der Waals surface area contributed by atoms with Gasteiger partial charge in [-0.2, -0.15) is 5.26 Å². The number of hydrogen-bond acceptors (Lipinski definition) is 4. The van der Waals surface area contributed by atoms with Gasteiger partial charge in [0.2, 0.25) is 9.84 Å². The van der Waals surface area contributed by atoms with Crippen molar-refractivity contribution < 1.29 is 13.2 Å². The normalized spacial score (nSPS) is 12.0. The quantitative estimate of drug-likeness (QED) is 0.737. The molecule has 0 aliphatic heterocycles. The predicted octanol–water partition coefficient (Wildman–Crippen LogP) is 4.47. The molecule has 0 bridgehead atoms. The molecule has 0 N–H and O–H groups in total. The average Bonchev–Trinajstić information content (AvgIpc) is 2.54. The van der Waals surface area contributed by atoms with Gasteiger partial charge in [0.1, 0.15) is 16.7 Å². The van der Waals surface area contributed by atoms with E-state index in [9.17, 15) is 13.7 Å². The van der Waals surface area contributed by atoms with E-state index in [0.717, 1.165) is 0 Å². The van der Waals surface area contributed by atoms with Crippen molar-refractivity contribution in [1.82, 2.24) is 0 Å². The summed E-state index contributed by atoms with van der Waals surface area (Å²) < 4.78 is 30.6. The fraction of sp³-hybridized carbons (Fsp3) is 0.167. The number of ether oxygens (including phenoxy) is 1. The lowest BCUT2D eigenvalue weighted by Crippen LogP contribution is -2.05. The van der Waals surface area contributed by atoms with Crippen molar-refractivity contribution in [3.05, 3.63) is 64.0 Å². The lowest BCUT2D eigenvalue weighted by molar-refractivity contribution is 0.242. The summed E-state index contributed by atoms with van der Waals surface area (Å²) in [7, 11) is -3.89. The molecule has 0 aliphatic rings. The number of nitrogens with zero attached hydrogens (tertiary/aromatic N) is 1. The number of benzene rings is 2. The van der Waals surface area contributed by atoms with E-state index in [4.69, 9.17) is 16.3 Å². The molecule has 0 amide bonds. The molecule has 0 spiro atoms. The smallest absolute Gasteiger partial charge is 0.216 e. The minimum absolute atomic E-state index is 0.0273. The molecule has 2 rings (SSSR count). The van der Waals surface area contributed by atoms with Crippen molar-refractivity contribution in [2.75, 3.05) is 0 Å². The second kappa shape index (κ2) is 7.52. The second-order valence-electron chi connectivity index (χ2n) is 5.31. The molecule has 2 aromatic carbocycles. The van der Waals surface area contributed by atoms with Crippen molar-refractivity contribution in [3.8, 4) is 11.8 Å². The maximum absolute atomic E-state index is 12.5. The van der Waals surface area contributed by atoms with Gasteiger partial charge in [0.05, 0.1) is 11.0 Å². The Balaban J connectivity index is 2.35. The molecular weight excluding hydrogens is 346 g/mol. The van der Waals surface area contributed by atoms with Crippen LogP contribution in [0.1, 0.15) is 19.4 Å². The summed E-state index contributed by atoms with van der Waals surface area (Å²) in [5.41, 5.74) is 0.597. The Morgan fingerprint density at radius 2 is 1.71 bits per heavy atom. The first kappa shape index (κ1) is 18.1. The van der Waals surface area contributed by atoms with E-state index in [-0.39, 0.29) is 15.9 Å². The lowest BCUT2D eigenvalue weighted by Gasteiger charge is -2.09. The van der Waals surface area contributed by atoms with Crippen LogP contribution in [0.2, 0.25) is 5.02 Å². The summed E-state index contributed by atoms with van der Waals surface area (Å²) in [4.78, 5) is -0.304. The molecular formula is C18H16ClNO3S. The summed E-state index contributed by atoms with van der Waals surface area (Å²) >= 11 is 5.77. The Labute approximate surface area is 146 Å². The van der Waals surface area contributed by atoms with Crippen LogP contribution in [0.25, 0.3) is 6.08 Å². The van der Waals surface area contributed by atoms with E-state index >= 15 is 0 Å². The summed E-state index contributed by atoms with van der Waals surface area (Å²) in [5, 5.41) is 9.69. The molecule has 6 heteroatoms. The van der Waals surface area contributed by atoms with Crippen LogP contribution in [0.5, 0.6) is 5.75 Å². The molecule has 2 aromatic rings. The number of sulfone groups is 1. The third kappa shape index (κ3) is 4.38. The molecule has 0 aliphatic carbocycles. The van der Waals surface area contributed by atoms with Crippen LogP contribution < -0.4 is 4.74 Å². The summed E-state index contributed by atoms with van der Waals surface area (Å²) in [5.74, 6) is 0.682. The highest BCUT2D eigenvalue weighted by molar-refractivity contribution is 7.95. The molecule has 4 nitrogen and oxygen atoms in total. The third-order valence-electron chi connectivity index (χ3n) is 3.07. The summed E-state index contributed by atoms with van der Waals surface area (Å²) in [6.45, 7) is 3.83. The van der Waals surface area contributed by atoms with Crippen molar-refractivity contribution in [2.45, 2.75) is 24.8 Å².